The molecule has 4 rings (SSSR count). The Morgan fingerprint density at radius 3 is 1.65 bits per heavy atom. The number of rotatable bonds is 0. The van der Waals surface area contributed by atoms with Crippen molar-refractivity contribution in [2.45, 2.75) is 0 Å². The molecule has 0 heterocycles. The Morgan fingerprint density at radius 1 is 0.423 bits per heavy atom. The average molecular weight is 328 g/mol. The monoisotopic (exact) mass is 328 g/mol. The molecule has 0 aliphatic rings. The van der Waals surface area contributed by atoms with E-state index in [0.29, 0.717) is 0 Å². The Hall–Kier alpha value is -3.74. The predicted molar refractivity (Wildman–Crippen MR) is 109 cm³/mol. The van der Waals surface area contributed by atoms with E-state index in [4.69, 9.17) is 0 Å². The lowest BCUT2D eigenvalue weighted by Crippen LogP contribution is -1.85. The molecule has 0 fully saturated rings. The zero-order valence-electron chi connectivity index (χ0n) is 14.2. The van der Waals surface area contributed by atoms with Crippen molar-refractivity contribution in [2.24, 2.45) is 0 Å². The van der Waals surface area contributed by atoms with E-state index in [1.807, 2.05) is 72.8 Å². The molecule has 0 N–H and O–H groups in total. The molecule has 0 radical (unpaired) electrons. The van der Waals surface area contributed by atoms with Gasteiger partial charge in [0.15, 0.2) is 0 Å². The van der Waals surface area contributed by atoms with Crippen LogP contribution < -0.4 is 0 Å². The summed E-state index contributed by atoms with van der Waals surface area (Å²) in [5.74, 6) is 13.1. The number of hydrogen-bond donors (Lipinski definition) is 0. The van der Waals surface area contributed by atoms with Gasteiger partial charge in [-0.3, -0.25) is 0 Å². The van der Waals surface area contributed by atoms with Crippen LogP contribution in [0.25, 0.3) is 10.8 Å². The third-order valence-electron chi connectivity index (χ3n) is 4.10. The van der Waals surface area contributed by atoms with Crippen molar-refractivity contribution in [1.29, 1.82) is 0 Å². The standard InChI is InChI=1S/C26H16/c1-3-9-21(10-4-1)15-16-23-19-24-13-7-8-14-26(24)25(20-23)18-17-22-11-5-2-6-12-22/h1-14,19-20H. The van der Waals surface area contributed by atoms with E-state index in [0.717, 1.165) is 33.0 Å². The summed E-state index contributed by atoms with van der Waals surface area (Å²) in [4.78, 5) is 0. The van der Waals surface area contributed by atoms with Crippen LogP contribution >= 0.6 is 0 Å². The summed E-state index contributed by atoms with van der Waals surface area (Å²) in [6.07, 6.45) is 0. The van der Waals surface area contributed by atoms with Crippen LogP contribution in [0.4, 0.5) is 0 Å². The molecule has 0 saturated carbocycles. The Balaban J connectivity index is 1.79. The minimum atomic E-state index is 0.977. The molecule has 0 atom stereocenters. The van der Waals surface area contributed by atoms with E-state index < -0.39 is 0 Å². The molecule has 0 nitrogen and oxygen atoms in total. The van der Waals surface area contributed by atoms with Gasteiger partial charge < -0.3 is 0 Å². The molecule has 0 amide bonds. The van der Waals surface area contributed by atoms with Gasteiger partial charge in [-0.25, -0.2) is 0 Å². The van der Waals surface area contributed by atoms with Crippen molar-refractivity contribution >= 4 is 10.8 Å². The molecular formula is C26H16. The van der Waals surface area contributed by atoms with Gasteiger partial charge >= 0.3 is 0 Å². The largest absolute Gasteiger partial charge is 0.0622 e. The summed E-state index contributed by atoms with van der Waals surface area (Å²) in [7, 11) is 0. The maximum atomic E-state index is 3.32. The van der Waals surface area contributed by atoms with E-state index in [-0.39, 0.29) is 0 Å². The van der Waals surface area contributed by atoms with E-state index in [2.05, 4.69) is 47.9 Å². The van der Waals surface area contributed by atoms with E-state index in [9.17, 15) is 0 Å². The molecule has 26 heavy (non-hydrogen) atoms. The summed E-state index contributed by atoms with van der Waals surface area (Å²) in [5.41, 5.74) is 4.00. The van der Waals surface area contributed by atoms with Gasteiger partial charge in [0.05, 0.1) is 0 Å². The highest BCUT2D eigenvalue weighted by Gasteiger charge is 2.01. The molecule has 120 valence electrons. The van der Waals surface area contributed by atoms with Gasteiger partial charge in [-0.15, -0.1) is 0 Å². The fourth-order valence-corrected chi connectivity index (χ4v) is 2.81. The molecule has 4 aromatic carbocycles. The zero-order chi connectivity index (χ0) is 17.6. The molecule has 0 aliphatic carbocycles. The van der Waals surface area contributed by atoms with Gasteiger partial charge in [0, 0.05) is 22.3 Å². The first-order valence-corrected chi connectivity index (χ1v) is 8.55. The number of fused-ring (bicyclic) bond motifs is 1. The second kappa shape index (κ2) is 7.43. The van der Waals surface area contributed by atoms with Crippen LogP contribution in [0.1, 0.15) is 22.3 Å². The third kappa shape index (κ3) is 3.67. The summed E-state index contributed by atoms with van der Waals surface area (Å²) in [6.45, 7) is 0. The Bertz CT molecular complexity index is 1160. The Labute approximate surface area is 154 Å². The quantitative estimate of drug-likeness (QED) is 0.366. The fourth-order valence-electron chi connectivity index (χ4n) is 2.81. The lowest BCUT2D eigenvalue weighted by atomic mass is 10.0. The van der Waals surface area contributed by atoms with Crippen LogP contribution in [-0.2, 0) is 0 Å². The minimum absolute atomic E-state index is 0.977. The Morgan fingerprint density at radius 2 is 0.962 bits per heavy atom. The first kappa shape index (κ1) is 15.8. The van der Waals surface area contributed by atoms with E-state index >= 15 is 0 Å². The highest BCUT2D eigenvalue weighted by Crippen LogP contribution is 2.20. The van der Waals surface area contributed by atoms with Crippen LogP contribution in [0, 0.1) is 23.7 Å². The first-order valence-electron chi connectivity index (χ1n) is 8.55. The van der Waals surface area contributed by atoms with Crippen molar-refractivity contribution in [2.75, 3.05) is 0 Å². The first-order chi connectivity index (χ1) is 12.9. The van der Waals surface area contributed by atoms with Gasteiger partial charge in [-0.1, -0.05) is 84.3 Å². The third-order valence-corrected chi connectivity index (χ3v) is 4.10. The predicted octanol–water partition coefficient (Wildman–Crippen LogP) is 5.64. The number of hydrogen-bond acceptors (Lipinski definition) is 0. The van der Waals surface area contributed by atoms with Crippen LogP contribution in [0.15, 0.2) is 97.1 Å². The summed E-state index contributed by atoms with van der Waals surface area (Å²) >= 11 is 0. The second-order valence-electron chi connectivity index (χ2n) is 5.98. The van der Waals surface area contributed by atoms with E-state index in [1.54, 1.807) is 0 Å². The molecule has 0 aromatic heterocycles. The van der Waals surface area contributed by atoms with Crippen molar-refractivity contribution in [3.63, 3.8) is 0 Å². The molecule has 0 saturated heterocycles. The molecule has 0 spiro atoms. The topological polar surface area (TPSA) is 0 Å². The summed E-state index contributed by atoms with van der Waals surface area (Å²) in [5, 5.41) is 2.31. The number of benzene rings is 4. The molecule has 0 unspecified atom stereocenters. The minimum Gasteiger partial charge on any atom is -0.0622 e. The maximum Gasteiger partial charge on any atom is 0.0339 e. The highest BCUT2D eigenvalue weighted by molar-refractivity contribution is 5.89. The van der Waals surface area contributed by atoms with Gasteiger partial charge in [-0.2, -0.15) is 0 Å². The molecule has 0 heteroatoms. The molecule has 4 aromatic rings. The van der Waals surface area contributed by atoms with E-state index in [1.165, 1.54) is 0 Å². The van der Waals surface area contributed by atoms with Gasteiger partial charge in [0.2, 0.25) is 0 Å². The van der Waals surface area contributed by atoms with Crippen molar-refractivity contribution < 1.29 is 0 Å². The lowest BCUT2D eigenvalue weighted by molar-refractivity contribution is 1.62. The van der Waals surface area contributed by atoms with Gasteiger partial charge in [0.1, 0.15) is 0 Å². The lowest BCUT2D eigenvalue weighted by Gasteiger charge is -2.02. The molecular weight excluding hydrogens is 312 g/mol. The average Bonchev–Trinajstić information content (AvgIpc) is 2.72. The van der Waals surface area contributed by atoms with Crippen LogP contribution in [0.3, 0.4) is 0 Å². The van der Waals surface area contributed by atoms with Gasteiger partial charge in [0.25, 0.3) is 0 Å². The SMILES string of the molecule is C(#Cc1cc(C#Cc2ccccc2)c2ccccc2c1)c1ccccc1. The maximum absolute atomic E-state index is 3.32. The van der Waals surface area contributed by atoms with Crippen LogP contribution in [0.5, 0.6) is 0 Å². The highest BCUT2D eigenvalue weighted by atomic mass is 14.0. The normalized spacial score (nSPS) is 9.69. The molecule has 0 bridgehead atoms. The Kier molecular flexibility index (Phi) is 4.51. The van der Waals surface area contributed by atoms with Crippen molar-refractivity contribution in [3.8, 4) is 23.7 Å². The zero-order valence-corrected chi connectivity index (χ0v) is 14.2. The summed E-state index contributed by atoms with van der Waals surface area (Å²) < 4.78 is 0. The molecule has 0 aliphatic heterocycles. The van der Waals surface area contributed by atoms with Crippen molar-refractivity contribution in [1.82, 2.24) is 0 Å². The second-order valence-corrected chi connectivity index (χ2v) is 5.98. The van der Waals surface area contributed by atoms with Crippen LogP contribution in [-0.4, -0.2) is 0 Å². The van der Waals surface area contributed by atoms with Crippen LogP contribution in [0.2, 0.25) is 0 Å². The van der Waals surface area contributed by atoms with Crippen molar-refractivity contribution in [3.05, 3.63) is 119 Å². The smallest absolute Gasteiger partial charge is 0.0339 e. The summed E-state index contributed by atoms with van der Waals surface area (Å²) in [6, 6.07) is 32.6. The fraction of sp³-hybridized carbons (Fsp3) is 0. The van der Waals surface area contributed by atoms with Gasteiger partial charge in [-0.05, 0) is 47.2 Å².